The molecule has 7 aliphatic rings. The van der Waals surface area contributed by atoms with Crippen LogP contribution in [0.25, 0.3) is 76.9 Å². The molecule has 0 N–H and O–H groups in total. The molecule has 0 fully saturated rings. The molecule has 7 heterocycles. The van der Waals surface area contributed by atoms with Gasteiger partial charge < -0.3 is 57.8 Å². The zero-order chi connectivity index (χ0) is 73.5. The van der Waals surface area contributed by atoms with Crippen LogP contribution in [-0.4, -0.2) is 45.0 Å². The molecule has 15 aromatic rings. The van der Waals surface area contributed by atoms with E-state index in [1.54, 1.807) is 0 Å². The number of anilines is 11. The molecule has 17 heteroatoms. The summed E-state index contributed by atoms with van der Waals surface area (Å²) in [5.74, 6) is 0. The van der Waals surface area contributed by atoms with Gasteiger partial charge in [-0.2, -0.15) is 106 Å². The molecule has 22 rings (SSSR count). The average Bonchev–Trinajstić information content (AvgIpc) is 1.59. The molecule has 0 spiro atoms. The normalized spacial score (nSPS) is 14.8. The van der Waals surface area contributed by atoms with Gasteiger partial charge in [0.2, 0.25) is 0 Å². The van der Waals surface area contributed by atoms with Crippen molar-refractivity contribution < 1.29 is 109 Å². The first kappa shape index (κ1) is 81.5. The standard InChI is InChI=1S/C23H20N2.C20H14N2O.C19H18N2.C18H14N2.C16H12N2O.5Ir/c1-23(2)19-9-5-4-8-17(19)18-13-12-16(14-20(18)23)25-15-24(3)21-10-6-7-11-22(21)25;1-21-13-22(17-10-4-3-9-16(17)21)18-11-6-8-15-14-7-2-5-12-19(14)23-20(15)18;1-19(2)17-7-5-4-6-15(17)16-9-8-14(12-18(16)19)21-11-10-20(3)13-21;1-19-13-20(18-9-5-4-8-17(18)19)16-11-10-14-6-2-3-7-15(14)12-16;1-17-9-10-18(11-17)14-7-4-6-13-12-5-2-3-8-15(12)19-16(13)14;;;;;/h4-11,13-15H,1-3H3;2-10,12-13H,1H3;4-7,9-13H,1-3H3;2-10,12-13H,1H3;2-6,8-11H,1H3;;;;;/q5*-2;;;;;. The minimum Gasteiger partial charge on any atom is -0.514 e. The van der Waals surface area contributed by atoms with E-state index < -0.39 is 0 Å². The number of hydrogen-bond acceptors (Lipinski definition) is 12. The molecule has 0 saturated heterocycles. The minimum absolute atomic E-state index is 0. The first-order chi connectivity index (χ1) is 52.6. The molecule has 0 unspecified atom stereocenters. The third kappa shape index (κ3) is 14.9. The van der Waals surface area contributed by atoms with Gasteiger partial charge in [0.25, 0.3) is 0 Å². The Morgan fingerprint density at radius 3 is 1.19 bits per heavy atom. The number of furan rings is 2. The van der Waals surface area contributed by atoms with Crippen molar-refractivity contribution in [3.63, 3.8) is 0 Å². The topological polar surface area (TPSA) is 58.7 Å². The zero-order valence-corrected chi connectivity index (χ0v) is 75.4. The predicted octanol–water partition coefficient (Wildman–Crippen LogP) is 22.8. The molecule has 2 aliphatic carbocycles. The van der Waals surface area contributed by atoms with Crippen molar-refractivity contribution in [1.29, 1.82) is 0 Å². The van der Waals surface area contributed by atoms with Crippen LogP contribution in [0.3, 0.4) is 0 Å². The maximum absolute atomic E-state index is 6.13. The van der Waals surface area contributed by atoms with Crippen molar-refractivity contribution in [1.82, 2.24) is 9.80 Å². The first-order valence-electron chi connectivity index (χ1n) is 36.4. The Bertz CT molecular complexity index is 6050. The second-order valence-corrected chi connectivity index (χ2v) is 29.1. The van der Waals surface area contributed by atoms with E-state index in [4.69, 9.17) is 8.83 Å². The molecule has 5 radical (unpaired) electrons. The maximum atomic E-state index is 6.13. The van der Waals surface area contributed by atoms with Crippen molar-refractivity contribution in [3.05, 3.63) is 366 Å². The van der Waals surface area contributed by atoms with Gasteiger partial charge in [0.1, 0.15) is 11.2 Å². The fraction of sp³-hybridized carbons (Fsp3) is 0.115. The number of rotatable bonds is 5. The van der Waals surface area contributed by atoms with Gasteiger partial charge in [0, 0.05) is 157 Å². The molecule has 5 aliphatic heterocycles. The molecular formula is C96H78Ir5N10O2-10. The van der Waals surface area contributed by atoms with Gasteiger partial charge in [-0.05, 0) is 131 Å². The number of hydrogen-bond donors (Lipinski definition) is 0. The van der Waals surface area contributed by atoms with Crippen LogP contribution in [0.5, 0.6) is 0 Å². The van der Waals surface area contributed by atoms with Crippen LogP contribution in [0.2, 0.25) is 0 Å². The Morgan fingerprint density at radius 1 is 0.301 bits per heavy atom. The van der Waals surface area contributed by atoms with Crippen molar-refractivity contribution in [3.8, 4) is 22.3 Å². The van der Waals surface area contributed by atoms with Gasteiger partial charge in [0.15, 0.2) is 0 Å². The average molecular weight is 2360 g/mol. The van der Waals surface area contributed by atoms with Crippen LogP contribution < -0.4 is 39.2 Å². The molecule has 0 amide bonds. The summed E-state index contributed by atoms with van der Waals surface area (Å²) in [4.78, 5) is 21.1. The van der Waals surface area contributed by atoms with Gasteiger partial charge >= 0.3 is 0 Å². The summed E-state index contributed by atoms with van der Waals surface area (Å²) in [6.07, 6.45) is 8.10. The number of benzene rings is 13. The van der Waals surface area contributed by atoms with E-state index in [-0.39, 0.29) is 111 Å². The quantitative estimate of drug-likeness (QED) is 0.154. The number of fused-ring (bicyclic) bond motifs is 16. The zero-order valence-electron chi connectivity index (χ0n) is 63.4. The van der Waals surface area contributed by atoms with Gasteiger partial charge in [0.05, 0.1) is 0 Å². The van der Waals surface area contributed by atoms with E-state index in [1.165, 1.54) is 83.7 Å². The van der Waals surface area contributed by atoms with Crippen LogP contribution >= 0.6 is 0 Å². The summed E-state index contributed by atoms with van der Waals surface area (Å²) in [6.45, 7) is 19.6. The second kappa shape index (κ2) is 33.5. The fourth-order valence-electron chi connectivity index (χ4n) is 16.0. The third-order valence-electron chi connectivity index (χ3n) is 21.6. The second-order valence-electron chi connectivity index (χ2n) is 29.1. The van der Waals surface area contributed by atoms with Crippen molar-refractivity contribution in [2.24, 2.45) is 0 Å². The summed E-state index contributed by atoms with van der Waals surface area (Å²) in [7, 11) is 10.2. The molecule has 0 saturated carbocycles. The molecular weight excluding hydrogens is 2290 g/mol. The Hall–Kier alpha value is -9.55. The Balaban J connectivity index is 0.000000122. The molecule has 0 bridgehead atoms. The largest absolute Gasteiger partial charge is 0.514 e. The van der Waals surface area contributed by atoms with Gasteiger partial charge in [-0.25, -0.2) is 0 Å². The monoisotopic (exact) mass is 2370 g/mol. The summed E-state index contributed by atoms with van der Waals surface area (Å²) in [6, 6.07) is 105. The fourth-order valence-corrected chi connectivity index (χ4v) is 16.0. The Morgan fingerprint density at radius 2 is 0.681 bits per heavy atom. The molecule has 579 valence electrons. The smallest absolute Gasteiger partial charge is 0.116 e. The molecule has 13 aromatic carbocycles. The van der Waals surface area contributed by atoms with E-state index in [0.29, 0.717) is 0 Å². The predicted molar refractivity (Wildman–Crippen MR) is 445 cm³/mol. The van der Waals surface area contributed by atoms with Crippen molar-refractivity contribution in [2.45, 2.75) is 38.5 Å². The summed E-state index contributed by atoms with van der Waals surface area (Å²) in [5, 5.41) is 6.98. The molecule has 12 nitrogen and oxygen atoms in total. The maximum Gasteiger partial charge on any atom is 0.116 e. The summed E-state index contributed by atoms with van der Waals surface area (Å²) < 4.78 is 12.1. The number of nitrogens with zero attached hydrogens (tertiary/aromatic N) is 10. The van der Waals surface area contributed by atoms with Gasteiger partial charge in [-0.3, -0.25) is 0 Å². The van der Waals surface area contributed by atoms with E-state index >= 15 is 0 Å². The van der Waals surface area contributed by atoms with E-state index in [0.717, 1.165) is 78.0 Å². The minimum atomic E-state index is 0. The van der Waals surface area contributed by atoms with Crippen LogP contribution in [-0.2, 0) is 111 Å². The SMILES string of the molecule is CN1C=CN(c2[c-]cc3c(c2)C(C)(C)c2ccccc2-3)[CH-]1.CN1C=CN(c2[c-]ccc3c2oc2ccccc23)[CH-]1.CN1[CH-]N(c2[c-]cc3c(c2)C(C)(C)c2ccccc2-3)c2ccccc21.CN1[CH-]N(c2[c-]cc3ccccc3c2)c2ccccc21.CN1[CH-]N(c2[c-]ccc3c2oc2ccccc23)c2ccccc21.[Ir].[Ir].[Ir].[Ir].[Ir]. The molecule has 113 heavy (non-hydrogen) atoms. The van der Waals surface area contributed by atoms with Gasteiger partial charge in [-0.15, -0.1) is 74.4 Å². The molecule has 2 aromatic heterocycles. The van der Waals surface area contributed by atoms with Crippen molar-refractivity contribution >= 4 is 117 Å². The van der Waals surface area contributed by atoms with Crippen LogP contribution in [0.15, 0.2) is 288 Å². The van der Waals surface area contributed by atoms with E-state index in [9.17, 15) is 0 Å². The number of para-hydroxylation sites is 8. The van der Waals surface area contributed by atoms with Crippen molar-refractivity contribution in [2.75, 3.05) is 74.4 Å². The van der Waals surface area contributed by atoms with Crippen LogP contribution in [0, 0.1) is 63.7 Å². The van der Waals surface area contributed by atoms with E-state index in [2.05, 4.69) is 347 Å². The summed E-state index contributed by atoms with van der Waals surface area (Å²) in [5.41, 5.74) is 26.8. The first-order valence-corrected chi connectivity index (χ1v) is 36.4. The van der Waals surface area contributed by atoms with E-state index in [1.807, 2.05) is 109 Å². The Labute approximate surface area is 730 Å². The summed E-state index contributed by atoms with van der Waals surface area (Å²) >= 11 is 0. The van der Waals surface area contributed by atoms with Crippen LogP contribution in [0.4, 0.5) is 62.6 Å². The third-order valence-corrected chi connectivity index (χ3v) is 21.6. The molecule has 0 atom stereocenters. The van der Waals surface area contributed by atoms with Gasteiger partial charge in [-0.1, -0.05) is 200 Å². The van der Waals surface area contributed by atoms with Crippen LogP contribution in [0.1, 0.15) is 49.9 Å². The Kier molecular flexibility index (Phi) is 24.1.